The number of anilines is 1. The molecule has 35 heavy (non-hydrogen) atoms. The highest BCUT2D eigenvalue weighted by Gasteiger charge is 2.36. The summed E-state index contributed by atoms with van der Waals surface area (Å²) in [5, 5.41) is 13.3. The Morgan fingerprint density at radius 2 is 1.83 bits per heavy atom. The monoisotopic (exact) mass is 475 g/mol. The molecule has 8 nitrogen and oxygen atoms in total. The standard InChI is InChI=1S/C27H33N5O3/c1-28-26(33)21-11-9-20(10-12-21)23-17-25(32(2)31-23)30-27(34)29-24-16-18(13-14-35-3)15-22(24)19-7-5-4-6-8-19/h4-12,17-18,22,24H,13-16H2,1-3H3,(H,28,33)(H2,29,30,34)/t18?,22-,24+/m0/s1. The summed E-state index contributed by atoms with van der Waals surface area (Å²) in [7, 11) is 5.12. The topological polar surface area (TPSA) is 97.3 Å². The first-order chi connectivity index (χ1) is 17.0. The van der Waals surface area contributed by atoms with Crippen LogP contribution in [0.4, 0.5) is 10.6 Å². The largest absolute Gasteiger partial charge is 0.385 e. The van der Waals surface area contributed by atoms with Crippen LogP contribution in [0.15, 0.2) is 60.7 Å². The third-order valence-electron chi connectivity index (χ3n) is 6.73. The van der Waals surface area contributed by atoms with Crippen molar-refractivity contribution in [1.29, 1.82) is 0 Å². The van der Waals surface area contributed by atoms with Crippen LogP contribution in [0.2, 0.25) is 0 Å². The maximum atomic E-state index is 13.0. The van der Waals surface area contributed by atoms with Gasteiger partial charge in [0.2, 0.25) is 0 Å². The highest BCUT2D eigenvalue weighted by atomic mass is 16.5. The summed E-state index contributed by atoms with van der Waals surface area (Å²) in [5.41, 5.74) is 3.41. The van der Waals surface area contributed by atoms with Crippen LogP contribution in [-0.2, 0) is 11.8 Å². The molecular formula is C27H33N5O3. The fourth-order valence-corrected chi connectivity index (χ4v) is 4.87. The number of benzene rings is 2. The highest BCUT2D eigenvalue weighted by molar-refractivity contribution is 5.94. The van der Waals surface area contributed by atoms with Gasteiger partial charge >= 0.3 is 6.03 Å². The van der Waals surface area contributed by atoms with Crippen LogP contribution < -0.4 is 16.0 Å². The van der Waals surface area contributed by atoms with E-state index in [9.17, 15) is 9.59 Å². The minimum atomic E-state index is -0.243. The molecule has 0 aliphatic heterocycles. The summed E-state index contributed by atoms with van der Waals surface area (Å²) in [5.74, 6) is 1.23. The maximum Gasteiger partial charge on any atom is 0.320 e. The van der Waals surface area contributed by atoms with Crippen LogP contribution in [0.3, 0.4) is 0 Å². The van der Waals surface area contributed by atoms with Gasteiger partial charge in [0.15, 0.2) is 0 Å². The van der Waals surface area contributed by atoms with E-state index >= 15 is 0 Å². The van der Waals surface area contributed by atoms with E-state index in [1.807, 2.05) is 36.4 Å². The van der Waals surface area contributed by atoms with Crippen LogP contribution in [0.5, 0.6) is 0 Å². The van der Waals surface area contributed by atoms with Crippen molar-refractivity contribution in [3.63, 3.8) is 0 Å². The van der Waals surface area contributed by atoms with Crippen molar-refractivity contribution in [2.75, 3.05) is 26.1 Å². The number of nitrogens with one attached hydrogen (secondary N) is 3. The van der Waals surface area contributed by atoms with Gasteiger partial charge in [-0.2, -0.15) is 5.10 Å². The second kappa shape index (κ2) is 11.2. The number of aryl methyl sites for hydroxylation is 1. The lowest BCUT2D eigenvalue weighted by molar-refractivity contribution is 0.0963. The molecule has 1 saturated carbocycles. The van der Waals surface area contributed by atoms with Gasteiger partial charge in [-0.15, -0.1) is 0 Å². The lowest BCUT2D eigenvalue weighted by Crippen LogP contribution is -2.39. The Balaban J connectivity index is 1.43. The van der Waals surface area contributed by atoms with Crippen molar-refractivity contribution in [2.24, 2.45) is 13.0 Å². The summed E-state index contributed by atoms with van der Waals surface area (Å²) in [6.07, 6.45) is 2.94. The first-order valence-corrected chi connectivity index (χ1v) is 12.0. The third-order valence-corrected chi connectivity index (χ3v) is 6.73. The molecule has 1 fully saturated rings. The Kier molecular flexibility index (Phi) is 7.82. The van der Waals surface area contributed by atoms with Crippen molar-refractivity contribution < 1.29 is 14.3 Å². The zero-order valence-corrected chi connectivity index (χ0v) is 20.5. The summed E-state index contributed by atoms with van der Waals surface area (Å²) in [6, 6.07) is 19.2. The van der Waals surface area contributed by atoms with Gasteiger partial charge < -0.3 is 15.4 Å². The fraction of sp³-hybridized carbons (Fsp3) is 0.370. The number of ether oxygens (including phenoxy) is 1. The first kappa shape index (κ1) is 24.5. The SMILES string of the molecule is CNC(=O)c1ccc(-c2cc(NC(=O)N[C@@H]3CC(CCOC)C[C@H]3c3ccccc3)n(C)n2)cc1. The number of urea groups is 1. The van der Waals surface area contributed by atoms with Crippen molar-refractivity contribution in [3.8, 4) is 11.3 Å². The van der Waals surface area contributed by atoms with Crippen LogP contribution in [0.25, 0.3) is 11.3 Å². The predicted molar refractivity (Wildman–Crippen MR) is 136 cm³/mol. The Morgan fingerprint density at radius 3 is 2.51 bits per heavy atom. The van der Waals surface area contributed by atoms with Gasteiger partial charge in [0, 0.05) is 57.0 Å². The molecule has 0 spiro atoms. The second-order valence-corrected chi connectivity index (χ2v) is 9.04. The molecular weight excluding hydrogens is 442 g/mol. The van der Waals surface area contributed by atoms with Crippen LogP contribution in [-0.4, -0.2) is 48.5 Å². The molecule has 4 rings (SSSR count). The lowest BCUT2D eigenvalue weighted by Gasteiger charge is -2.21. The van der Waals surface area contributed by atoms with Gasteiger partial charge in [-0.1, -0.05) is 42.5 Å². The van der Waals surface area contributed by atoms with E-state index in [4.69, 9.17) is 4.74 Å². The quantitative estimate of drug-likeness (QED) is 0.456. The molecule has 3 atom stereocenters. The van der Waals surface area contributed by atoms with Crippen molar-refractivity contribution in [3.05, 3.63) is 71.8 Å². The number of rotatable bonds is 8. The smallest absolute Gasteiger partial charge is 0.320 e. The van der Waals surface area contributed by atoms with Gasteiger partial charge in [-0.3, -0.25) is 14.8 Å². The normalized spacial score (nSPS) is 19.3. The van der Waals surface area contributed by atoms with Crippen LogP contribution >= 0.6 is 0 Å². The second-order valence-electron chi connectivity index (χ2n) is 9.04. The molecule has 3 amide bonds. The lowest BCUT2D eigenvalue weighted by atomic mass is 9.93. The average molecular weight is 476 g/mol. The van der Waals surface area contributed by atoms with Gasteiger partial charge in [0.05, 0.1) is 5.69 Å². The number of carbonyl (C=O) groups excluding carboxylic acids is 2. The molecule has 1 unspecified atom stereocenters. The number of aromatic nitrogens is 2. The molecule has 1 aliphatic rings. The van der Waals surface area contributed by atoms with E-state index in [1.165, 1.54) is 5.56 Å². The number of hydrogen-bond donors (Lipinski definition) is 3. The summed E-state index contributed by atoms with van der Waals surface area (Å²) in [4.78, 5) is 24.8. The number of carbonyl (C=O) groups is 2. The molecule has 3 aromatic rings. The zero-order chi connectivity index (χ0) is 24.8. The van der Waals surface area contributed by atoms with Gasteiger partial charge in [-0.05, 0) is 42.9 Å². The highest BCUT2D eigenvalue weighted by Crippen LogP contribution is 2.40. The molecule has 184 valence electrons. The summed E-state index contributed by atoms with van der Waals surface area (Å²) < 4.78 is 6.93. The molecule has 3 N–H and O–H groups in total. The van der Waals surface area contributed by atoms with Gasteiger partial charge in [0.1, 0.15) is 5.82 Å². The first-order valence-electron chi connectivity index (χ1n) is 12.0. The van der Waals surface area contributed by atoms with Crippen molar-refractivity contribution in [2.45, 2.75) is 31.2 Å². The molecule has 0 saturated heterocycles. The minimum absolute atomic E-state index is 0.0456. The minimum Gasteiger partial charge on any atom is -0.385 e. The molecule has 1 aliphatic carbocycles. The summed E-state index contributed by atoms with van der Waals surface area (Å²) in [6.45, 7) is 0.729. The van der Waals surface area contributed by atoms with Crippen molar-refractivity contribution >= 4 is 17.8 Å². The van der Waals surface area contributed by atoms with Gasteiger partial charge in [-0.25, -0.2) is 4.79 Å². The zero-order valence-electron chi connectivity index (χ0n) is 20.5. The number of hydrogen-bond acceptors (Lipinski definition) is 4. The Bertz CT molecular complexity index is 1140. The fourth-order valence-electron chi connectivity index (χ4n) is 4.87. The van der Waals surface area contributed by atoms with E-state index in [-0.39, 0.29) is 23.9 Å². The van der Waals surface area contributed by atoms with E-state index < -0.39 is 0 Å². The Morgan fingerprint density at radius 1 is 1.09 bits per heavy atom. The van der Waals surface area contributed by atoms with Crippen LogP contribution in [0.1, 0.15) is 41.1 Å². The molecule has 2 aromatic carbocycles. The maximum absolute atomic E-state index is 13.0. The Labute approximate surface area is 206 Å². The number of nitrogens with zero attached hydrogens (tertiary/aromatic N) is 2. The van der Waals surface area contributed by atoms with E-state index in [1.54, 1.807) is 38.0 Å². The third kappa shape index (κ3) is 5.89. The number of methoxy groups -OCH3 is 1. The molecule has 0 bridgehead atoms. The molecule has 1 heterocycles. The average Bonchev–Trinajstić information content (AvgIpc) is 3.45. The van der Waals surface area contributed by atoms with Crippen molar-refractivity contribution in [1.82, 2.24) is 20.4 Å². The number of amides is 3. The predicted octanol–water partition coefficient (Wildman–Crippen LogP) is 4.17. The molecule has 0 radical (unpaired) electrons. The van der Waals surface area contributed by atoms with E-state index in [0.29, 0.717) is 23.0 Å². The van der Waals surface area contributed by atoms with E-state index in [0.717, 1.165) is 31.4 Å². The Hall–Kier alpha value is -3.65. The summed E-state index contributed by atoms with van der Waals surface area (Å²) >= 11 is 0. The molecule has 1 aromatic heterocycles. The molecule has 8 heteroatoms. The van der Waals surface area contributed by atoms with E-state index in [2.05, 4.69) is 33.2 Å². The van der Waals surface area contributed by atoms with Crippen LogP contribution in [0, 0.1) is 5.92 Å². The van der Waals surface area contributed by atoms with Gasteiger partial charge in [0.25, 0.3) is 5.91 Å².